The smallest absolute Gasteiger partial charge is 0.433 e. The summed E-state index contributed by atoms with van der Waals surface area (Å²) >= 11 is 0. The molecule has 0 bridgehead atoms. The van der Waals surface area contributed by atoms with E-state index in [0.29, 0.717) is 49.0 Å². The second kappa shape index (κ2) is 14.8. The fraction of sp³-hybridized carbons (Fsp3) is 0.375. The number of hydrogen-bond donors (Lipinski definition) is 2. The zero-order valence-corrected chi connectivity index (χ0v) is 24.6. The van der Waals surface area contributed by atoms with Gasteiger partial charge in [-0.25, -0.2) is 4.98 Å². The van der Waals surface area contributed by atoms with Gasteiger partial charge >= 0.3 is 6.18 Å². The minimum atomic E-state index is -4.57. The zero-order chi connectivity index (χ0) is 31.7. The van der Waals surface area contributed by atoms with E-state index in [0.717, 1.165) is 25.3 Å². The van der Waals surface area contributed by atoms with E-state index in [-0.39, 0.29) is 34.6 Å². The average molecular weight is 613 g/mol. The first-order valence-electron chi connectivity index (χ1n) is 14.4. The maximum atomic E-state index is 12.9. The molecule has 4 aromatic rings. The third-order valence-electron chi connectivity index (χ3n) is 7.12. The molecule has 1 atom stereocenters. The normalized spacial score (nSPS) is 12.3. The van der Waals surface area contributed by atoms with Crippen molar-refractivity contribution in [1.29, 1.82) is 0 Å². The molecule has 0 saturated heterocycles. The predicted octanol–water partition coefficient (Wildman–Crippen LogP) is 6.79. The Morgan fingerprint density at radius 3 is 2.55 bits per heavy atom. The number of nitrogens with one attached hydrogen (secondary N) is 1. The molecule has 0 radical (unpaired) electrons. The van der Waals surface area contributed by atoms with Crippen LogP contribution in [-0.4, -0.2) is 51.8 Å². The van der Waals surface area contributed by atoms with Gasteiger partial charge in [0.1, 0.15) is 17.2 Å². The summed E-state index contributed by atoms with van der Waals surface area (Å²) in [5.41, 5.74) is 0.188. The highest BCUT2D eigenvalue weighted by molar-refractivity contribution is 6.02. The van der Waals surface area contributed by atoms with Gasteiger partial charge in [0.25, 0.3) is 5.91 Å². The van der Waals surface area contributed by atoms with Gasteiger partial charge in [-0.2, -0.15) is 18.3 Å². The van der Waals surface area contributed by atoms with E-state index in [2.05, 4.69) is 22.3 Å². The van der Waals surface area contributed by atoms with Gasteiger partial charge in [0.2, 0.25) is 5.88 Å². The Balaban J connectivity index is 1.32. The minimum Gasteiger partial charge on any atom is -0.506 e. The lowest BCUT2D eigenvalue weighted by atomic mass is 9.95. The lowest BCUT2D eigenvalue weighted by Gasteiger charge is -2.16. The molecule has 0 aliphatic heterocycles. The monoisotopic (exact) mass is 612 g/mol. The number of ketones is 1. The number of alkyl halides is 3. The number of phenols is 1. The van der Waals surface area contributed by atoms with Gasteiger partial charge in [-0.15, -0.1) is 0 Å². The van der Waals surface area contributed by atoms with Gasteiger partial charge in [-0.3, -0.25) is 14.3 Å². The van der Waals surface area contributed by atoms with E-state index in [4.69, 9.17) is 9.47 Å². The van der Waals surface area contributed by atoms with Crippen molar-refractivity contribution >= 4 is 22.6 Å². The number of rotatable bonds is 15. The van der Waals surface area contributed by atoms with Crippen LogP contribution in [0.5, 0.6) is 17.4 Å². The van der Waals surface area contributed by atoms with Crippen molar-refractivity contribution in [2.24, 2.45) is 5.92 Å². The van der Waals surface area contributed by atoms with Crippen LogP contribution in [0.4, 0.5) is 13.2 Å². The van der Waals surface area contributed by atoms with Crippen LogP contribution in [-0.2, 0) is 17.5 Å². The van der Waals surface area contributed by atoms with Crippen molar-refractivity contribution in [3.05, 3.63) is 77.6 Å². The van der Waals surface area contributed by atoms with Crippen LogP contribution in [0.3, 0.4) is 0 Å². The van der Waals surface area contributed by atoms with E-state index in [1.807, 2.05) is 0 Å². The summed E-state index contributed by atoms with van der Waals surface area (Å²) in [4.78, 5) is 28.8. The Morgan fingerprint density at radius 1 is 1.07 bits per heavy atom. The number of carbonyl (C=O) groups is 2. The molecule has 0 spiro atoms. The maximum Gasteiger partial charge on any atom is 0.433 e. The van der Waals surface area contributed by atoms with Crippen LogP contribution in [0, 0.1) is 5.92 Å². The highest BCUT2D eigenvalue weighted by atomic mass is 19.4. The van der Waals surface area contributed by atoms with Crippen LogP contribution in [0.15, 0.2) is 60.8 Å². The molecule has 44 heavy (non-hydrogen) atoms. The first-order chi connectivity index (χ1) is 21.1. The van der Waals surface area contributed by atoms with Gasteiger partial charge in [-0.1, -0.05) is 19.4 Å². The van der Waals surface area contributed by atoms with E-state index in [9.17, 15) is 27.9 Å². The zero-order valence-electron chi connectivity index (χ0n) is 24.6. The molecule has 2 heterocycles. The average Bonchev–Trinajstić information content (AvgIpc) is 3.41. The van der Waals surface area contributed by atoms with Crippen molar-refractivity contribution in [1.82, 2.24) is 20.1 Å². The number of Topliss-reactive ketones (excluding diaryl/α,β-unsaturated/α-hetero) is 1. The van der Waals surface area contributed by atoms with E-state index in [1.54, 1.807) is 42.3 Å². The number of aromatic hydroxyl groups is 1. The molecule has 0 aliphatic carbocycles. The van der Waals surface area contributed by atoms with Crippen molar-refractivity contribution in [3.8, 4) is 17.4 Å². The highest BCUT2D eigenvalue weighted by Crippen LogP contribution is 2.31. The van der Waals surface area contributed by atoms with E-state index >= 15 is 0 Å². The molecule has 0 saturated carbocycles. The topological polar surface area (TPSA) is 116 Å². The summed E-state index contributed by atoms with van der Waals surface area (Å²) in [7, 11) is 1.54. The molecule has 0 aliphatic rings. The van der Waals surface area contributed by atoms with Crippen LogP contribution >= 0.6 is 0 Å². The SMILES string of the molecule is CCCC(CCCC(=O)c1ccc(Oc2cccc(C(F)(F)F)n2)cc1)Cn1cc2c(O)c(C(=O)NCCOC)ccc2n1. The number of fused-ring (bicyclic) bond motifs is 1. The number of hydrogen-bond acceptors (Lipinski definition) is 7. The highest BCUT2D eigenvalue weighted by Gasteiger charge is 2.32. The van der Waals surface area contributed by atoms with Crippen LogP contribution in [0.1, 0.15) is 65.4 Å². The second-order valence-electron chi connectivity index (χ2n) is 10.4. The quantitative estimate of drug-likeness (QED) is 0.112. The molecule has 1 unspecified atom stereocenters. The van der Waals surface area contributed by atoms with Crippen LogP contribution < -0.4 is 10.1 Å². The van der Waals surface area contributed by atoms with Crippen molar-refractivity contribution in [2.75, 3.05) is 20.3 Å². The number of aromatic nitrogens is 3. The summed E-state index contributed by atoms with van der Waals surface area (Å²) in [5, 5.41) is 18.5. The molecule has 0 fully saturated rings. The molecular weight excluding hydrogens is 577 g/mol. The molecule has 2 aromatic heterocycles. The summed E-state index contributed by atoms with van der Waals surface area (Å²) in [6, 6.07) is 12.9. The Labute approximate surface area is 253 Å². The number of halogens is 3. The number of ether oxygens (including phenoxy) is 2. The van der Waals surface area contributed by atoms with E-state index < -0.39 is 17.8 Å². The number of methoxy groups -OCH3 is 1. The van der Waals surface area contributed by atoms with Gasteiger partial charge in [-0.05, 0) is 67.6 Å². The number of amides is 1. The number of benzene rings is 2. The number of nitrogens with zero attached hydrogens (tertiary/aromatic N) is 3. The maximum absolute atomic E-state index is 12.9. The van der Waals surface area contributed by atoms with Crippen molar-refractivity contribution in [2.45, 2.75) is 51.7 Å². The van der Waals surface area contributed by atoms with Crippen LogP contribution in [0.25, 0.3) is 10.9 Å². The lowest BCUT2D eigenvalue weighted by Crippen LogP contribution is -2.26. The largest absolute Gasteiger partial charge is 0.506 e. The van der Waals surface area contributed by atoms with Crippen LogP contribution in [0.2, 0.25) is 0 Å². The molecule has 9 nitrogen and oxygen atoms in total. The summed E-state index contributed by atoms with van der Waals surface area (Å²) < 4.78 is 50.9. The molecule has 2 aromatic carbocycles. The van der Waals surface area contributed by atoms with Crippen molar-refractivity contribution < 1.29 is 37.3 Å². The number of pyridine rings is 1. The molecule has 234 valence electrons. The van der Waals surface area contributed by atoms with Gasteiger partial charge in [0, 0.05) is 44.4 Å². The Morgan fingerprint density at radius 2 is 1.84 bits per heavy atom. The Kier molecular flexibility index (Phi) is 10.9. The van der Waals surface area contributed by atoms with Gasteiger partial charge < -0.3 is 19.9 Å². The first kappa shape index (κ1) is 32.5. The lowest BCUT2D eigenvalue weighted by molar-refractivity contribution is -0.141. The standard InChI is InChI=1S/C32H35F3N4O5/c1-3-6-21(19-39-20-25-26(38-39)16-15-24(30(25)41)31(42)36-17-18-43-2)7-4-8-27(40)22-11-13-23(14-12-22)44-29-10-5-9-28(37-29)32(33,34)35/h5,9-16,20-21,41H,3-4,6-8,17-19H2,1-2H3,(H,36,42). The fourth-order valence-corrected chi connectivity index (χ4v) is 4.92. The van der Waals surface area contributed by atoms with Crippen molar-refractivity contribution in [3.63, 3.8) is 0 Å². The fourth-order valence-electron chi connectivity index (χ4n) is 4.92. The minimum absolute atomic E-state index is 0.0463. The number of carbonyl (C=O) groups excluding carboxylic acids is 2. The van der Waals surface area contributed by atoms with Gasteiger partial charge in [0.15, 0.2) is 5.78 Å². The Bertz CT molecular complexity index is 1570. The number of phenolic OH excluding ortho intramolecular Hbond substituents is 1. The molecular formula is C32H35F3N4O5. The molecule has 1 amide bonds. The third kappa shape index (κ3) is 8.56. The summed E-state index contributed by atoms with van der Waals surface area (Å²) in [5.74, 6) is -0.230. The molecule has 4 rings (SSSR count). The summed E-state index contributed by atoms with van der Waals surface area (Å²) in [6.07, 6.45) is 0.833. The predicted molar refractivity (Wildman–Crippen MR) is 158 cm³/mol. The Hall–Kier alpha value is -4.45. The summed E-state index contributed by atoms with van der Waals surface area (Å²) in [6.45, 7) is 3.38. The molecule has 2 N–H and O–H groups in total. The second-order valence-corrected chi connectivity index (χ2v) is 10.4. The van der Waals surface area contributed by atoms with E-state index in [1.165, 1.54) is 24.3 Å². The van der Waals surface area contributed by atoms with Gasteiger partial charge in [0.05, 0.1) is 23.1 Å². The third-order valence-corrected chi connectivity index (χ3v) is 7.12. The first-order valence-corrected chi connectivity index (χ1v) is 14.4. The molecule has 12 heteroatoms.